The van der Waals surface area contributed by atoms with E-state index in [1.54, 1.807) is 0 Å². The van der Waals surface area contributed by atoms with Gasteiger partial charge in [-0.1, -0.05) is 105 Å². The fourth-order valence-electron chi connectivity index (χ4n) is 3.96. The van der Waals surface area contributed by atoms with Gasteiger partial charge in [-0.05, 0) is 37.5 Å². The van der Waals surface area contributed by atoms with Crippen molar-refractivity contribution >= 4 is 11.9 Å². The van der Waals surface area contributed by atoms with E-state index in [0.717, 1.165) is 38.5 Å². The maximum absolute atomic E-state index is 11.9. The summed E-state index contributed by atoms with van der Waals surface area (Å²) < 4.78 is 10.9. The van der Waals surface area contributed by atoms with E-state index < -0.39 is 0 Å². The maximum atomic E-state index is 11.9. The van der Waals surface area contributed by atoms with Gasteiger partial charge in [0.15, 0.2) is 0 Å². The van der Waals surface area contributed by atoms with Gasteiger partial charge in [-0.2, -0.15) is 0 Å². The first-order valence-corrected chi connectivity index (χ1v) is 13.9. The van der Waals surface area contributed by atoms with E-state index in [0.29, 0.717) is 37.9 Å². The summed E-state index contributed by atoms with van der Waals surface area (Å²) in [5.74, 6) is 1.00. The normalized spacial score (nSPS) is 13.0. The number of rotatable bonds is 23. The standard InChI is InChI=1S/C28H54O4/c1-5-9-19-25(7-3)23-31-27(29)21-17-15-13-11-12-14-16-18-22-28(30)32-24-26(8-4)20-10-6-2/h25-26H,5-24H2,1-4H3/t25-,26-/m0/s1. The Morgan fingerprint density at radius 3 is 1.19 bits per heavy atom. The molecule has 0 bridgehead atoms. The number of esters is 2. The number of ether oxygens (including phenoxy) is 2. The molecule has 0 heterocycles. The van der Waals surface area contributed by atoms with E-state index in [4.69, 9.17) is 9.47 Å². The lowest BCUT2D eigenvalue weighted by Gasteiger charge is -2.14. The van der Waals surface area contributed by atoms with Crippen LogP contribution in [0.15, 0.2) is 0 Å². The third-order valence-corrected chi connectivity index (χ3v) is 6.56. The molecule has 0 aromatic carbocycles. The van der Waals surface area contributed by atoms with Crippen LogP contribution in [0, 0.1) is 11.8 Å². The molecule has 0 N–H and O–H groups in total. The van der Waals surface area contributed by atoms with Crippen molar-refractivity contribution in [3.05, 3.63) is 0 Å². The number of hydrogen-bond acceptors (Lipinski definition) is 4. The van der Waals surface area contributed by atoms with Crippen molar-refractivity contribution in [2.75, 3.05) is 13.2 Å². The number of carbonyl (C=O) groups is 2. The summed E-state index contributed by atoms with van der Waals surface area (Å²) in [6.07, 6.45) is 19.3. The number of unbranched alkanes of at least 4 members (excludes halogenated alkanes) is 9. The van der Waals surface area contributed by atoms with E-state index in [2.05, 4.69) is 27.7 Å². The van der Waals surface area contributed by atoms with Gasteiger partial charge in [-0.25, -0.2) is 0 Å². The zero-order valence-corrected chi connectivity index (χ0v) is 21.9. The SMILES string of the molecule is CCCC[C@H](CC)COC(=O)CCCCCCCCCCC(=O)OC[C@@H](CC)CCCC. The molecule has 0 spiro atoms. The third-order valence-electron chi connectivity index (χ3n) is 6.56. The summed E-state index contributed by atoms with van der Waals surface area (Å²) in [6, 6.07) is 0. The number of carbonyl (C=O) groups excluding carboxylic acids is 2. The molecule has 0 aromatic rings. The predicted octanol–water partition coefficient (Wildman–Crippen LogP) is 8.41. The van der Waals surface area contributed by atoms with Crippen molar-refractivity contribution in [3.63, 3.8) is 0 Å². The first kappa shape index (κ1) is 30.9. The topological polar surface area (TPSA) is 52.6 Å². The zero-order valence-electron chi connectivity index (χ0n) is 21.9. The van der Waals surface area contributed by atoms with Crippen LogP contribution in [0.5, 0.6) is 0 Å². The van der Waals surface area contributed by atoms with Crippen LogP contribution in [0.1, 0.15) is 143 Å². The lowest BCUT2D eigenvalue weighted by Crippen LogP contribution is -2.13. The fourth-order valence-corrected chi connectivity index (χ4v) is 3.96. The molecule has 0 fully saturated rings. The van der Waals surface area contributed by atoms with Gasteiger partial charge in [0.25, 0.3) is 0 Å². The Hall–Kier alpha value is -1.06. The summed E-state index contributed by atoms with van der Waals surface area (Å²) >= 11 is 0. The van der Waals surface area contributed by atoms with Crippen LogP contribution >= 0.6 is 0 Å². The second-order valence-corrected chi connectivity index (χ2v) is 9.53. The first-order valence-electron chi connectivity index (χ1n) is 13.9. The summed E-state index contributed by atoms with van der Waals surface area (Å²) in [5.41, 5.74) is 0. The van der Waals surface area contributed by atoms with Crippen molar-refractivity contribution in [2.24, 2.45) is 11.8 Å². The van der Waals surface area contributed by atoms with E-state index in [9.17, 15) is 9.59 Å². The molecule has 0 saturated heterocycles. The molecule has 0 rings (SSSR count). The smallest absolute Gasteiger partial charge is 0.305 e. The molecular formula is C28H54O4. The molecule has 2 atom stereocenters. The molecule has 0 unspecified atom stereocenters. The van der Waals surface area contributed by atoms with Gasteiger partial charge in [0.2, 0.25) is 0 Å². The molecule has 0 radical (unpaired) electrons. The second kappa shape index (κ2) is 23.1. The Labute approximate surface area is 199 Å². The molecule has 0 saturated carbocycles. The van der Waals surface area contributed by atoms with E-state index >= 15 is 0 Å². The van der Waals surface area contributed by atoms with Gasteiger partial charge in [-0.15, -0.1) is 0 Å². The highest BCUT2D eigenvalue weighted by Gasteiger charge is 2.11. The van der Waals surface area contributed by atoms with Gasteiger partial charge in [0.1, 0.15) is 0 Å². The highest BCUT2D eigenvalue weighted by Crippen LogP contribution is 2.16. The average Bonchev–Trinajstić information content (AvgIpc) is 2.80. The Morgan fingerprint density at radius 2 is 0.875 bits per heavy atom. The predicted molar refractivity (Wildman–Crippen MR) is 135 cm³/mol. The van der Waals surface area contributed by atoms with Gasteiger partial charge in [0.05, 0.1) is 13.2 Å². The summed E-state index contributed by atoms with van der Waals surface area (Å²) in [6.45, 7) is 9.95. The van der Waals surface area contributed by atoms with Gasteiger partial charge in [0, 0.05) is 12.8 Å². The molecule has 0 amide bonds. The van der Waals surface area contributed by atoms with Crippen LogP contribution in [0.3, 0.4) is 0 Å². The minimum atomic E-state index is -0.0255. The molecule has 0 aliphatic heterocycles. The lowest BCUT2D eigenvalue weighted by atomic mass is 10.0. The average molecular weight is 455 g/mol. The van der Waals surface area contributed by atoms with E-state index in [1.807, 2.05) is 0 Å². The minimum absolute atomic E-state index is 0.0255. The van der Waals surface area contributed by atoms with E-state index in [-0.39, 0.29) is 11.9 Å². The van der Waals surface area contributed by atoms with Gasteiger partial charge in [-0.3, -0.25) is 9.59 Å². The van der Waals surface area contributed by atoms with Crippen LogP contribution in [0.2, 0.25) is 0 Å². The maximum Gasteiger partial charge on any atom is 0.305 e. The second-order valence-electron chi connectivity index (χ2n) is 9.53. The Kier molecular flexibility index (Phi) is 22.3. The Bertz CT molecular complexity index is 395. The minimum Gasteiger partial charge on any atom is -0.465 e. The quantitative estimate of drug-likeness (QED) is 0.115. The van der Waals surface area contributed by atoms with Crippen molar-refractivity contribution in [2.45, 2.75) is 143 Å². The summed E-state index contributed by atoms with van der Waals surface area (Å²) in [5, 5.41) is 0. The van der Waals surface area contributed by atoms with Crippen molar-refractivity contribution in [1.29, 1.82) is 0 Å². The highest BCUT2D eigenvalue weighted by molar-refractivity contribution is 5.69. The first-order chi connectivity index (χ1) is 15.6. The zero-order chi connectivity index (χ0) is 23.9. The van der Waals surface area contributed by atoms with Gasteiger partial charge >= 0.3 is 11.9 Å². The molecule has 4 nitrogen and oxygen atoms in total. The molecule has 4 heteroatoms. The molecule has 190 valence electrons. The van der Waals surface area contributed by atoms with Crippen LogP contribution in [0.4, 0.5) is 0 Å². The van der Waals surface area contributed by atoms with Crippen molar-refractivity contribution in [1.82, 2.24) is 0 Å². The molecule has 0 aliphatic rings. The largest absolute Gasteiger partial charge is 0.465 e. The highest BCUT2D eigenvalue weighted by atomic mass is 16.5. The van der Waals surface area contributed by atoms with Crippen LogP contribution in [-0.2, 0) is 19.1 Å². The Morgan fingerprint density at radius 1 is 0.531 bits per heavy atom. The number of hydrogen-bond donors (Lipinski definition) is 0. The summed E-state index contributed by atoms with van der Waals surface area (Å²) in [4.78, 5) is 23.8. The fraction of sp³-hybridized carbons (Fsp3) is 0.929. The molecule has 32 heavy (non-hydrogen) atoms. The van der Waals surface area contributed by atoms with Crippen LogP contribution in [-0.4, -0.2) is 25.2 Å². The molecular weight excluding hydrogens is 400 g/mol. The lowest BCUT2D eigenvalue weighted by molar-refractivity contribution is -0.146. The van der Waals surface area contributed by atoms with Gasteiger partial charge < -0.3 is 9.47 Å². The van der Waals surface area contributed by atoms with Crippen LogP contribution in [0.25, 0.3) is 0 Å². The third kappa shape index (κ3) is 19.6. The van der Waals surface area contributed by atoms with Crippen molar-refractivity contribution in [3.8, 4) is 0 Å². The van der Waals surface area contributed by atoms with Crippen molar-refractivity contribution < 1.29 is 19.1 Å². The Balaban J connectivity index is 3.49. The molecule has 0 aliphatic carbocycles. The summed E-state index contributed by atoms with van der Waals surface area (Å²) in [7, 11) is 0. The van der Waals surface area contributed by atoms with E-state index in [1.165, 1.54) is 64.2 Å². The monoisotopic (exact) mass is 454 g/mol. The molecule has 0 aromatic heterocycles. The van der Waals surface area contributed by atoms with Crippen LogP contribution < -0.4 is 0 Å².